The van der Waals surface area contributed by atoms with Gasteiger partial charge in [0.05, 0.1) is 6.54 Å². The van der Waals surface area contributed by atoms with Crippen molar-refractivity contribution in [2.24, 2.45) is 0 Å². The highest BCUT2D eigenvalue weighted by atomic mass is 16.1. The van der Waals surface area contributed by atoms with Crippen LogP contribution in [0.15, 0.2) is 23.1 Å². The molecule has 1 aromatic rings. The molecule has 2 aliphatic rings. The molecule has 110 valence electrons. The molecule has 0 amide bonds. The highest BCUT2D eigenvalue weighted by Gasteiger charge is 2.25. The summed E-state index contributed by atoms with van der Waals surface area (Å²) in [5.41, 5.74) is -0.00269. The van der Waals surface area contributed by atoms with Crippen molar-refractivity contribution in [3.05, 3.63) is 28.7 Å². The molecule has 2 heterocycles. The quantitative estimate of drug-likeness (QED) is 0.816. The molecule has 0 bridgehead atoms. The molecular weight excluding hydrogens is 252 g/mol. The lowest BCUT2D eigenvalue weighted by atomic mass is 10.2. The summed E-state index contributed by atoms with van der Waals surface area (Å²) in [5, 5.41) is 4.11. The molecule has 1 saturated heterocycles. The Morgan fingerprint density at radius 1 is 1.10 bits per heavy atom. The molecule has 5 heteroatoms. The molecule has 1 saturated carbocycles. The first-order valence-electron chi connectivity index (χ1n) is 7.81. The second kappa shape index (κ2) is 6.50. The Balaban J connectivity index is 1.44. The van der Waals surface area contributed by atoms with Gasteiger partial charge in [-0.05, 0) is 18.9 Å². The van der Waals surface area contributed by atoms with Gasteiger partial charge in [0.25, 0.3) is 5.56 Å². The van der Waals surface area contributed by atoms with Crippen molar-refractivity contribution in [3.8, 4) is 0 Å². The predicted molar refractivity (Wildman–Crippen MR) is 78.8 cm³/mol. The number of nitrogens with zero attached hydrogens (tertiary/aromatic N) is 4. The van der Waals surface area contributed by atoms with Crippen LogP contribution in [0.2, 0.25) is 0 Å². The number of rotatable bonds is 4. The molecule has 0 radical (unpaired) electrons. The summed E-state index contributed by atoms with van der Waals surface area (Å²) in [5.74, 6) is 0. The largest absolute Gasteiger partial charge is 0.299 e. The van der Waals surface area contributed by atoms with Crippen molar-refractivity contribution in [1.82, 2.24) is 19.6 Å². The zero-order chi connectivity index (χ0) is 13.8. The minimum absolute atomic E-state index is 0.00269. The van der Waals surface area contributed by atoms with Crippen LogP contribution in [0.1, 0.15) is 25.7 Å². The molecular formula is C15H24N4O. The Hall–Kier alpha value is -1.20. The normalized spacial score (nSPS) is 22.4. The molecule has 1 aliphatic carbocycles. The molecule has 0 spiro atoms. The van der Waals surface area contributed by atoms with Crippen LogP contribution in [-0.4, -0.2) is 58.3 Å². The van der Waals surface area contributed by atoms with Crippen molar-refractivity contribution in [2.75, 3.05) is 32.7 Å². The summed E-state index contributed by atoms with van der Waals surface area (Å²) in [7, 11) is 0. The first-order chi connectivity index (χ1) is 9.83. The van der Waals surface area contributed by atoms with Gasteiger partial charge in [-0.15, -0.1) is 0 Å². The summed E-state index contributed by atoms with van der Waals surface area (Å²) in [6, 6.07) is 4.11. The minimum atomic E-state index is -0.00269. The van der Waals surface area contributed by atoms with Crippen molar-refractivity contribution in [1.29, 1.82) is 0 Å². The molecule has 3 rings (SSSR count). The smallest absolute Gasteiger partial charge is 0.266 e. The number of aromatic nitrogens is 2. The van der Waals surface area contributed by atoms with Crippen molar-refractivity contribution < 1.29 is 0 Å². The highest BCUT2D eigenvalue weighted by molar-refractivity contribution is 4.85. The van der Waals surface area contributed by atoms with E-state index in [9.17, 15) is 4.79 Å². The van der Waals surface area contributed by atoms with Gasteiger partial charge < -0.3 is 0 Å². The molecule has 2 fully saturated rings. The second-order valence-electron chi connectivity index (χ2n) is 5.90. The van der Waals surface area contributed by atoms with E-state index in [2.05, 4.69) is 14.9 Å². The summed E-state index contributed by atoms with van der Waals surface area (Å²) in [6.07, 6.45) is 7.28. The Bertz CT molecular complexity index is 473. The number of piperazine rings is 1. The third-order valence-electron chi connectivity index (χ3n) is 4.66. The lowest BCUT2D eigenvalue weighted by Gasteiger charge is -2.38. The standard InChI is InChI=1S/C15H24N4O/c20-15-6-3-7-16-19(15)13-10-17-8-11-18(12-9-17)14-4-1-2-5-14/h3,6-7,14H,1-2,4-5,8-13H2. The van der Waals surface area contributed by atoms with Gasteiger partial charge in [-0.1, -0.05) is 12.8 Å². The fourth-order valence-electron chi connectivity index (χ4n) is 3.41. The zero-order valence-corrected chi connectivity index (χ0v) is 12.1. The van der Waals surface area contributed by atoms with E-state index in [4.69, 9.17) is 0 Å². The molecule has 0 atom stereocenters. The van der Waals surface area contributed by atoms with Gasteiger partial charge in [0.1, 0.15) is 0 Å². The number of hydrogen-bond donors (Lipinski definition) is 0. The monoisotopic (exact) mass is 276 g/mol. The van der Waals surface area contributed by atoms with E-state index in [0.29, 0.717) is 6.54 Å². The van der Waals surface area contributed by atoms with Crippen molar-refractivity contribution >= 4 is 0 Å². The topological polar surface area (TPSA) is 41.4 Å². The Morgan fingerprint density at radius 3 is 2.55 bits per heavy atom. The van der Waals surface area contributed by atoms with E-state index in [1.54, 1.807) is 23.0 Å². The molecule has 5 nitrogen and oxygen atoms in total. The summed E-state index contributed by atoms with van der Waals surface area (Å²) in [6.45, 7) is 6.23. The highest BCUT2D eigenvalue weighted by Crippen LogP contribution is 2.24. The maximum absolute atomic E-state index is 11.6. The SMILES string of the molecule is O=c1cccnn1CCN1CCN(C2CCCC2)CC1. The lowest BCUT2D eigenvalue weighted by molar-refractivity contribution is 0.0947. The predicted octanol–water partition coefficient (Wildman–Crippen LogP) is 0.803. The van der Waals surface area contributed by atoms with Crippen LogP contribution in [0.25, 0.3) is 0 Å². The molecule has 20 heavy (non-hydrogen) atoms. The van der Waals surface area contributed by atoms with Crippen molar-refractivity contribution in [2.45, 2.75) is 38.3 Å². The fourth-order valence-corrected chi connectivity index (χ4v) is 3.41. The first-order valence-corrected chi connectivity index (χ1v) is 7.81. The zero-order valence-electron chi connectivity index (χ0n) is 12.1. The molecule has 0 N–H and O–H groups in total. The van der Waals surface area contributed by atoms with Gasteiger partial charge >= 0.3 is 0 Å². The van der Waals surface area contributed by atoms with Crippen LogP contribution in [0.3, 0.4) is 0 Å². The second-order valence-corrected chi connectivity index (χ2v) is 5.90. The average molecular weight is 276 g/mol. The van der Waals surface area contributed by atoms with Crippen molar-refractivity contribution in [3.63, 3.8) is 0 Å². The van der Waals surface area contributed by atoms with Crippen LogP contribution < -0.4 is 5.56 Å². The van der Waals surface area contributed by atoms with Crippen LogP contribution in [0, 0.1) is 0 Å². The fraction of sp³-hybridized carbons (Fsp3) is 0.733. The first kappa shape index (κ1) is 13.8. The van der Waals surface area contributed by atoms with Gasteiger partial charge in [-0.3, -0.25) is 14.6 Å². The molecule has 1 aromatic heterocycles. The lowest BCUT2D eigenvalue weighted by Crippen LogP contribution is -2.50. The summed E-state index contributed by atoms with van der Waals surface area (Å²) >= 11 is 0. The molecule has 0 aromatic carbocycles. The van der Waals surface area contributed by atoms with Crippen LogP contribution >= 0.6 is 0 Å². The minimum Gasteiger partial charge on any atom is -0.299 e. The number of hydrogen-bond acceptors (Lipinski definition) is 4. The third-order valence-corrected chi connectivity index (χ3v) is 4.66. The van der Waals surface area contributed by atoms with Gasteiger partial charge in [0, 0.05) is 51.0 Å². The van der Waals surface area contributed by atoms with Gasteiger partial charge in [-0.2, -0.15) is 5.10 Å². The summed E-state index contributed by atoms with van der Waals surface area (Å²) in [4.78, 5) is 16.7. The third kappa shape index (κ3) is 3.27. The van der Waals surface area contributed by atoms with E-state index in [-0.39, 0.29) is 5.56 Å². The maximum atomic E-state index is 11.6. The average Bonchev–Trinajstić information content (AvgIpc) is 3.01. The van der Waals surface area contributed by atoms with Crippen LogP contribution in [-0.2, 0) is 6.54 Å². The Kier molecular flexibility index (Phi) is 4.47. The maximum Gasteiger partial charge on any atom is 0.266 e. The van der Waals surface area contributed by atoms with Gasteiger partial charge in [0.2, 0.25) is 0 Å². The van der Waals surface area contributed by atoms with Crippen LogP contribution in [0.4, 0.5) is 0 Å². The van der Waals surface area contributed by atoms with Crippen LogP contribution in [0.5, 0.6) is 0 Å². The Morgan fingerprint density at radius 2 is 1.85 bits per heavy atom. The van der Waals surface area contributed by atoms with Gasteiger partial charge in [-0.25, -0.2) is 4.68 Å². The van der Waals surface area contributed by atoms with Gasteiger partial charge in [0.15, 0.2) is 0 Å². The van der Waals surface area contributed by atoms with E-state index in [1.165, 1.54) is 38.8 Å². The Labute approximate surface area is 120 Å². The van der Waals surface area contributed by atoms with E-state index in [1.807, 2.05) is 0 Å². The van der Waals surface area contributed by atoms with E-state index in [0.717, 1.165) is 25.7 Å². The van der Waals surface area contributed by atoms with E-state index >= 15 is 0 Å². The molecule has 1 aliphatic heterocycles. The molecule has 0 unspecified atom stereocenters. The summed E-state index contributed by atoms with van der Waals surface area (Å²) < 4.78 is 1.56. The van der Waals surface area contributed by atoms with E-state index < -0.39 is 0 Å².